The number of thioether (sulfide) groups is 1. The molecule has 1 N–H and O–H groups in total. The maximum absolute atomic E-state index is 12.0. The van der Waals surface area contributed by atoms with Crippen molar-refractivity contribution < 1.29 is 4.79 Å². The molecular weight excluding hydrogens is 470 g/mol. The zero-order chi connectivity index (χ0) is 20.8. The van der Waals surface area contributed by atoms with Gasteiger partial charge in [0.25, 0.3) is 0 Å². The van der Waals surface area contributed by atoms with Crippen LogP contribution in [0, 0.1) is 13.8 Å². The van der Waals surface area contributed by atoms with Crippen molar-refractivity contribution in [3.8, 4) is 5.69 Å². The summed E-state index contributed by atoms with van der Waals surface area (Å²) in [5, 5.41) is 4.83. The molecule has 1 amide bonds. The largest absolute Gasteiger partial charge is 0.318 e. The molecule has 3 rings (SSSR count). The maximum atomic E-state index is 12.0. The normalized spacial score (nSPS) is 11.2. The first-order chi connectivity index (χ1) is 13.9. The van der Waals surface area contributed by atoms with Crippen molar-refractivity contribution in [2.45, 2.75) is 19.6 Å². The number of benzene rings is 2. The Morgan fingerprint density at radius 1 is 1.21 bits per heavy atom. The van der Waals surface area contributed by atoms with E-state index in [9.17, 15) is 4.79 Å². The number of nitrogens with one attached hydrogen (secondary N) is 1. The number of halogens is 2. The van der Waals surface area contributed by atoms with Gasteiger partial charge in [0.15, 0.2) is 0 Å². The molecule has 1 aromatic heterocycles. The predicted molar refractivity (Wildman–Crippen MR) is 126 cm³/mol. The molecule has 7 heteroatoms. The van der Waals surface area contributed by atoms with Crippen molar-refractivity contribution >= 4 is 51.4 Å². The van der Waals surface area contributed by atoms with E-state index >= 15 is 0 Å². The maximum Gasteiger partial charge on any atom is 0.250 e. The highest BCUT2D eigenvalue weighted by atomic mass is 79.9. The smallest absolute Gasteiger partial charge is 0.250 e. The second kappa shape index (κ2) is 10.1. The van der Waals surface area contributed by atoms with Crippen LogP contribution in [0.15, 0.2) is 64.2 Å². The molecule has 0 aliphatic carbocycles. The molecule has 0 spiro atoms. The zero-order valence-electron chi connectivity index (χ0n) is 16.2. The summed E-state index contributed by atoms with van der Waals surface area (Å²) >= 11 is 11.0. The average molecular weight is 491 g/mol. The Labute approximate surface area is 188 Å². The van der Waals surface area contributed by atoms with E-state index in [0.29, 0.717) is 10.8 Å². The summed E-state index contributed by atoms with van der Waals surface area (Å²) in [6.07, 6.45) is 1.69. The van der Waals surface area contributed by atoms with Gasteiger partial charge in [-0.3, -0.25) is 4.79 Å². The highest BCUT2D eigenvalue weighted by molar-refractivity contribution is 9.10. The molecular formula is C22H21BrClN3OS. The summed E-state index contributed by atoms with van der Waals surface area (Å²) in [6, 6.07) is 17.8. The van der Waals surface area contributed by atoms with Crippen LogP contribution in [0.1, 0.15) is 22.5 Å². The summed E-state index contributed by atoms with van der Waals surface area (Å²) in [6.45, 7) is 4.09. The van der Waals surface area contributed by atoms with Gasteiger partial charge in [0, 0.05) is 37.9 Å². The minimum absolute atomic E-state index is 0.130. The lowest BCUT2D eigenvalue weighted by Gasteiger charge is -2.09. The Balaban J connectivity index is 1.56. The van der Waals surface area contributed by atoms with E-state index in [-0.39, 0.29) is 5.91 Å². The van der Waals surface area contributed by atoms with Crippen LogP contribution in [-0.4, -0.2) is 22.4 Å². The van der Waals surface area contributed by atoms with Gasteiger partial charge in [0.2, 0.25) is 5.91 Å². The van der Waals surface area contributed by atoms with E-state index in [4.69, 9.17) is 11.6 Å². The van der Waals surface area contributed by atoms with Gasteiger partial charge in [-0.15, -0.1) is 11.8 Å². The summed E-state index contributed by atoms with van der Waals surface area (Å²) in [5.41, 5.74) is 7.91. The Morgan fingerprint density at radius 2 is 2.00 bits per heavy atom. The fourth-order valence-electron chi connectivity index (χ4n) is 3.03. The topological polar surface area (TPSA) is 46.4 Å². The van der Waals surface area contributed by atoms with E-state index in [1.54, 1.807) is 6.21 Å². The number of hydrogen-bond donors (Lipinski definition) is 1. The molecule has 0 unspecified atom stereocenters. The Kier molecular flexibility index (Phi) is 7.58. The van der Waals surface area contributed by atoms with Gasteiger partial charge in [-0.05, 0) is 55.8 Å². The lowest BCUT2D eigenvalue weighted by Crippen LogP contribution is -2.19. The van der Waals surface area contributed by atoms with E-state index in [0.717, 1.165) is 38.4 Å². The molecule has 2 aromatic carbocycles. The number of aryl methyl sites for hydroxylation is 1. The van der Waals surface area contributed by atoms with Crippen molar-refractivity contribution in [2.24, 2.45) is 5.10 Å². The van der Waals surface area contributed by atoms with Crippen LogP contribution in [0.2, 0.25) is 5.02 Å². The minimum atomic E-state index is -0.130. The first-order valence-electron chi connectivity index (χ1n) is 9.03. The Hall–Kier alpha value is -2.02. The second-order valence-corrected chi connectivity index (χ2v) is 8.90. The van der Waals surface area contributed by atoms with Crippen molar-refractivity contribution in [2.75, 3.05) is 5.75 Å². The van der Waals surface area contributed by atoms with Crippen molar-refractivity contribution in [1.29, 1.82) is 0 Å². The third-order valence-corrected chi connectivity index (χ3v) is 6.05. The van der Waals surface area contributed by atoms with Crippen LogP contribution < -0.4 is 5.43 Å². The van der Waals surface area contributed by atoms with Crippen molar-refractivity contribution in [3.05, 3.63) is 86.6 Å². The fourth-order valence-corrected chi connectivity index (χ4v) is 4.39. The molecule has 0 fully saturated rings. The van der Waals surface area contributed by atoms with Gasteiger partial charge < -0.3 is 4.57 Å². The Morgan fingerprint density at radius 3 is 2.76 bits per heavy atom. The van der Waals surface area contributed by atoms with Gasteiger partial charge >= 0.3 is 0 Å². The molecule has 0 radical (unpaired) electrons. The standard InChI is InChI=1S/C22H21BrClN3OS/c1-15-9-18(16(2)27(15)21-8-4-6-19(23)11-21)12-25-26-22(28)14-29-13-17-5-3-7-20(24)10-17/h3-12H,13-14H2,1-2H3,(H,26,28)/b25-12-. The summed E-state index contributed by atoms with van der Waals surface area (Å²) in [7, 11) is 0. The average Bonchev–Trinajstić information content (AvgIpc) is 2.95. The number of amides is 1. The van der Waals surface area contributed by atoms with Gasteiger partial charge in [-0.25, -0.2) is 5.43 Å². The number of carbonyl (C=O) groups is 1. The molecule has 0 atom stereocenters. The van der Waals surface area contributed by atoms with Crippen molar-refractivity contribution in [1.82, 2.24) is 9.99 Å². The van der Waals surface area contributed by atoms with Crippen LogP contribution in [-0.2, 0) is 10.5 Å². The molecule has 4 nitrogen and oxygen atoms in total. The SMILES string of the molecule is Cc1cc(/C=N\NC(=O)CSCc2cccc(Cl)c2)c(C)n1-c1cccc(Br)c1. The van der Waals surface area contributed by atoms with E-state index < -0.39 is 0 Å². The van der Waals surface area contributed by atoms with E-state index in [1.807, 2.05) is 43.3 Å². The van der Waals surface area contributed by atoms with Crippen LogP contribution in [0.3, 0.4) is 0 Å². The van der Waals surface area contributed by atoms with Gasteiger partial charge in [-0.2, -0.15) is 5.10 Å². The van der Waals surface area contributed by atoms with Gasteiger partial charge in [0.05, 0.1) is 12.0 Å². The lowest BCUT2D eigenvalue weighted by molar-refractivity contribution is -0.118. The lowest BCUT2D eigenvalue weighted by atomic mass is 10.2. The second-order valence-electron chi connectivity index (χ2n) is 6.56. The number of hydrazone groups is 1. The molecule has 150 valence electrons. The van der Waals surface area contributed by atoms with Gasteiger partial charge in [0.1, 0.15) is 0 Å². The van der Waals surface area contributed by atoms with Crippen LogP contribution in [0.5, 0.6) is 0 Å². The van der Waals surface area contributed by atoms with Crippen molar-refractivity contribution in [3.63, 3.8) is 0 Å². The van der Waals surface area contributed by atoms with Crippen LogP contribution >= 0.6 is 39.3 Å². The third kappa shape index (κ3) is 5.98. The number of carbonyl (C=O) groups excluding carboxylic acids is 1. The zero-order valence-corrected chi connectivity index (χ0v) is 19.3. The summed E-state index contributed by atoms with van der Waals surface area (Å²) < 4.78 is 3.19. The Bertz CT molecular complexity index is 1050. The highest BCUT2D eigenvalue weighted by Gasteiger charge is 2.10. The summed E-state index contributed by atoms with van der Waals surface area (Å²) in [5.74, 6) is 0.931. The first-order valence-corrected chi connectivity index (χ1v) is 11.4. The molecule has 0 saturated heterocycles. The number of nitrogens with zero attached hydrogens (tertiary/aromatic N) is 2. The van der Waals surface area contributed by atoms with E-state index in [2.05, 4.69) is 56.1 Å². The van der Waals surface area contributed by atoms with Crippen LogP contribution in [0.25, 0.3) is 5.69 Å². The molecule has 0 aliphatic rings. The minimum Gasteiger partial charge on any atom is -0.318 e. The predicted octanol–water partition coefficient (Wildman–Crippen LogP) is 5.89. The monoisotopic (exact) mass is 489 g/mol. The third-order valence-electron chi connectivity index (χ3n) is 4.32. The van der Waals surface area contributed by atoms with Gasteiger partial charge in [-0.1, -0.05) is 45.7 Å². The van der Waals surface area contributed by atoms with Crippen LogP contribution in [0.4, 0.5) is 0 Å². The fraction of sp³-hybridized carbons (Fsp3) is 0.182. The number of rotatable bonds is 7. The molecule has 0 aliphatic heterocycles. The number of hydrogen-bond acceptors (Lipinski definition) is 3. The molecule has 29 heavy (non-hydrogen) atoms. The first kappa shape index (κ1) is 21.7. The highest BCUT2D eigenvalue weighted by Crippen LogP contribution is 2.22. The molecule has 1 heterocycles. The molecule has 0 saturated carbocycles. The number of aromatic nitrogens is 1. The summed E-state index contributed by atoms with van der Waals surface area (Å²) in [4.78, 5) is 12.0. The van der Waals surface area contributed by atoms with E-state index in [1.165, 1.54) is 11.8 Å². The molecule has 3 aromatic rings. The molecule has 0 bridgehead atoms. The quantitative estimate of drug-likeness (QED) is 0.331.